The molecule has 0 atom stereocenters. The van der Waals surface area contributed by atoms with Gasteiger partial charge in [0.15, 0.2) is 0 Å². The number of sulfonamides is 2. The molecule has 0 unspecified atom stereocenters. The van der Waals surface area contributed by atoms with Gasteiger partial charge >= 0.3 is 0 Å². The second kappa shape index (κ2) is 5.81. The lowest BCUT2D eigenvalue weighted by atomic mass is 10.4. The van der Waals surface area contributed by atoms with Gasteiger partial charge in [-0.05, 0) is 0 Å². The molecule has 0 spiro atoms. The van der Waals surface area contributed by atoms with Crippen LogP contribution < -0.4 is 11.3 Å². The molecule has 1 aromatic heterocycles. The predicted octanol–water partition coefficient (Wildman–Crippen LogP) is -1.97. The number of rotatable bonds is 4. The van der Waals surface area contributed by atoms with Crippen molar-refractivity contribution in [2.45, 2.75) is 4.90 Å². The Morgan fingerprint density at radius 2 is 1.52 bits per heavy atom. The molecule has 0 saturated carbocycles. The summed E-state index contributed by atoms with van der Waals surface area (Å²) in [6.45, 7) is 0.432. The van der Waals surface area contributed by atoms with Gasteiger partial charge in [0.05, 0.1) is 18.6 Å². The first kappa shape index (κ1) is 16.0. The number of hydrogen-bond acceptors (Lipinski definition) is 8. The molecule has 3 N–H and O–H groups in total. The molecule has 0 amide bonds. The first-order valence-electron chi connectivity index (χ1n) is 5.99. The van der Waals surface area contributed by atoms with Crippen molar-refractivity contribution in [1.29, 1.82) is 0 Å². The Kier molecular flexibility index (Phi) is 4.43. The number of nitrogen functional groups attached to an aromatic ring is 1. The third-order valence-corrected chi connectivity index (χ3v) is 6.22. The minimum atomic E-state index is -3.74. The zero-order chi connectivity index (χ0) is 15.7. The molecule has 10 nitrogen and oxygen atoms in total. The van der Waals surface area contributed by atoms with E-state index in [4.69, 9.17) is 5.84 Å². The van der Waals surface area contributed by atoms with Gasteiger partial charge in [-0.15, -0.1) is 0 Å². The fourth-order valence-corrected chi connectivity index (χ4v) is 4.06. The summed E-state index contributed by atoms with van der Waals surface area (Å²) in [7, 11) is -7.04. The zero-order valence-corrected chi connectivity index (χ0v) is 12.9. The molecule has 0 aliphatic carbocycles. The summed E-state index contributed by atoms with van der Waals surface area (Å²) in [5, 5.41) is 0. The number of piperazine rings is 1. The number of nitrogens with zero attached hydrogens (tertiary/aromatic N) is 4. The van der Waals surface area contributed by atoms with Crippen LogP contribution in [0.3, 0.4) is 0 Å². The molecule has 12 heteroatoms. The average Bonchev–Trinajstić information content (AvgIpc) is 2.46. The summed E-state index contributed by atoms with van der Waals surface area (Å²) >= 11 is 0. The van der Waals surface area contributed by atoms with E-state index in [1.807, 2.05) is 0 Å². The van der Waals surface area contributed by atoms with E-state index >= 15 is 0 Å². The summed E-state index contributed by atoms with van der Waals surface area (Å²) in [5.74, 6) is 5.22. The molecule has 1 aliphatic heterocycles. The van der Waals surface area contributed by atoms with Gasteiger partial charge < -0.3 is 0 Å². The molecule has 0 bridgehead atoms. The fraction of sp³-hybridized carbons (Fsp3) is 0.556. The Labute approximate surface area is 123 Å². The number of aromatic nitrogens is 2. The predicted molar refractivity (Wildman–Crippen MR) is 75.0 cm³/mol. The highest BCUT2D eigenvalue weighted by molar-refractivity contribution is 7.89. The Balaban J connectivity index is 2.14. The van der Waals surface area contributed by atoms with E-state index < -0.39 is 20.0 Å². The molecule has 1 aromatic rings. The summed E-state index contributed by atoms with van der Waals surface area (Å²) in [4.78, 5) is 7.45. The molecule has 2 heterocycles. The summed E-state index contributed by atoms with van der Waals surface area (Å²) < 4.78 is 50.0. The molecular formula is C9H16N6O4S2. The Morgan fingerprint density at radius 1 is 1.05 bits per heavy atom. The van der Waals surface area contributed by atoms with E-state index in [0.29, 0.717) is 0 Å². The summed E-state index contributed by atoms with van der Waals surface area (Å²) in [6.07, 6.45) is 3.41. The lowest BCUT2D eigenvalue weighted by Gasteiger charge is -2.32. The maximum atomic E-state index is 12.4. The number of nitrogens with one attached hydrogen (secondary N) is 1. The second-order valence-corrected chi connectivity index (χ2v) is 8.37. The van der Waals surface area contributed by atoms with Crippen LogP contribution in [0.4, 0.5) is 5.95 Å². The van der Waals surface area contributed by atoms with Crippen LogP contribution in [0.2, 0.25) is 0 Å². The Morgan fingerprint density at radius 3 is 1.95 bits per heavy atom. The van der Waals surface area contributed by atoms with E-state index in [1.54, 1.807) is 0 Å². The smallest absolute Gasteiger partial charge is 0.246 e. The molecule has 118 valence electrons. The number of nitrogens with two attached hydrogens (primary N) is 1. The van der Waals surface area contributed by atoms with Gasteiger partial charge in [0.2, 0.25) is 26.0 Å². The highest BCUT2D eigenvalue weighted by atomic mass is 32.2. The summed E-state index contributed by atoms with van der Waals surface area (Å²) in [6, 6.07) is 0. The molecular weight excluding hydrogens is 320 g/mol. The van der Waals surface area contributed by atoms with Crippen molar-refractivity contribution in [2.24, 2.45) is 5.84 Å². The van der Waals surface area contributed by atoms with Gasteiger partial charge in [0.25, 0.3) is 0 Å². The molecule has 0 radical (unpaired) electrons. The van der Waals surface area contributed by atoms with E-state index in [-0.39, 0.29) is 37.0 Å². The van der Waals surface area contributed by atoms with Gasteiger partial charge in [-0.25, -0.2) is 32.6 Å². The van der Waals surface area contributed by atoms with Crippen LogP contribution in [0.25, 0.3) is 0 Å². The topological polar surface area (TPSA) is 139 Å². The third kappa shape index (κ3) is 3.47. The summed E-state index contributed by atoms with van der Waals surface area (Å²) in [5.41, 5.74) is 2.20. The first-order chi connectivity index (χ1) is 9.75. The number of hydrogen-bond donors (Lipinski definition) is 2. The highest BCUT2D eigenvalue weighted by Crippen LogP contribution is 2.17. The second-order valence-electron chi connectivity index (χ2n) is 4.45. The SMILES string of the molecule is CS(=O)(=O)N1CCN(S(=O)(=O)c2cnc(NN)nc2)CC1. The van der Waals surface area contributed by atoms with Crippen LogP contribution in [0.5, 0.6) is 0 Å². The molecule has 1 aliphatic rings. The molecule has 1 saturated heterocycles. The first-order valence-corrected chi connectivity index (χ1v) is 9.28. The van der Waals surface area contributed by atoms with Crippen LogP contribution >= 0.6 is 0 Å². The standard InChI is InChI=1S/C9H16N6O4S2/c1-20(16,17)14-2-4-15(5-3-14)21(18,19)8-6-11-9(13-10)12-7-8/h6-7H,2-5,10H2,1H3,(H,11,12,13). The Hall–Kier alpha value is -1.34. The third-order valence-electron chi connectivity index (χ3n) is 3.06. The minimum Gasteiger partial charge on any atom is -0.292 e. The van der Waals surface area contributed by atoms with Gasteiger partial charge in [0.1, 0.15) is 4.90 Å². The quantitative estimate of drug-likeness (QED) is 0.477. The van der Waals surface area contributed by atoms with E-state index in [2.05, 4.69) is 15.4 Å². The van der Waals surface area contributed by atoms with Crippen molar-refractivity contribution < 1.29 is 16.8 Å². The highest BCUT2D eigenvalue weighted by Gasteiger charge is 2.31. The van der Waals surface area contributed by atoms with Crippen molar-refractivity contribution in [3.8, 4) is 0 Å². The largest absolute Gasteiger partial charge is 0.292 e. The van der Waals surface area contributed by atoms with Gasteiger partial charge in [-0.3, -0.25) is 5.43 Å². The van der Waals surface area contributed by atoms with Gasteiger partial charge in [-0.2, -0.15) is 8.61 Å². The zero-order valence-electron chi connectivity index (χ0n) is 11.3. The molecule has 0 aromatic carbocycles. The lowest BCUT2D eigenvalue weighted by Crippen LogP contribution is -2.50. The maximum absolute atomic E-state index is 12.4. The monoisotopic (exact) mass is 336 g/mol. The molecule has 21 heavy (non-hydrogen) atoms. The fourth-order valence-electron chi connectivity index (χ4n) is 1.91. The van der Waals surface area contributed by atoms with E-state index in [0.717, 1.165) is 18.6 Å². The van der Waals surface area contributed by atoms with Crippen LogP contribution in [0.15, 0.2) is 17.3 Å². The van der Waals surface area contributed by atoms with Crippen molar-refractivity contribution in [3.63, 3.8) is 0 Å². The Bertz CT molecular complexity index is 694. The molecule has 1 fully saturated rings. The van der Waals surface area contributed by atoms with Crippen LogP contribution in [-0.2, 0) is 20.0 Å². The van der Waals surface area contributed by atoms with E-state index in [9.17, 15) is 16.8 Å². The molecule has 2 rings (SSSR count). The van der Waals surface area contributed by atoms with Crippen molar-refractivity contribution in [3.05, 3.63) is 12.4 Å². The average molecular weight is 336 g/mol. The van der Waals surface area contributed by atoms with Crippen LogP contribution in [-0.4, -0.2) is 67.8 Å². The minimum absolute atomic E-state index is 0.0608. The van der Waals surface area contributed by atoms with Crippen molar-refractivity contribution in [1.82, 2.24) is 18.6 Å². The maximum Gasteiger partial charge on any atom is 0.246 e. The lowest BCUT2D eigenvalue weighted by molar-refractivity contribution is 0.274. The van der Waals surface area contributed by atoms with Gasteiger partial charge in [-0.1, -0.05) is 0 Å². The van der Waals surface area contributed by atoms with Gasteiger partial charge in [0, 0.05) is 26.2 Å². The van der Waals surface area contributed by atoms with Crippen LogP contribution in [0, 0.1) is 0 Å². The van der Waals surface area contributed by atoms with Crippen LogP contribution in [0.1, 0.15) is 0 Å². The number of anilines is 1. The van der Waals surface area contributed by atoms with Crippen molar-refractivity contribution in [2.75, 3.05) is 37.9 Å². The number of hydrazine groups is 1. The normalized spacial score (nSPS) is 18.6. The van der Waals surface area contributed by atoms with E-state index in [1.165, 1.54) is 8.61 Å². The van der Waals surface area contributed by atoms with Crippen molar-refractivity contribution >= 4 is 26.0 Å².